The van der Waals surface area contributed by atoms with Crippen molar-refractivity contribution in [3.05, 3.63) is 101 Å². The van der Waals surface area contributed by atoms with Crippen LogP contribution in [0.25, 0.3) is 28.3 Å². The van der Waals surface area contributed by atoms with Crippen LogP contribution < -0.4 is 5.69 Å². The summed E-state index contributed by atoms with van der Waals surface area (Å²) in [6.07, 6.45) is 8.03. The number of imidazole rings is 1. The quantitative estimate of drug-likeness (QED) is 0.320. The van der Waals surface area contributed by atoms with Crippen LogP contribution in [0.3, 0.4) is 0 Å². The van der Waals surface area contributed by atoms with E-state index in [1.807, 2.05) is 83.7 Å². The van der Waals surface area contributed by atoms with Crippen molar-refractivity contribution in [3.8, 4) is 28.3 Å². The molecule has 0 unspecified atom stereocenters. The highest BCUT2D eigenvalue weighted by Crippen LogP contribution is 2.28. The number of pyridine rings is 1. The summed E-state index contributed by atoms with van der Waals surface area (Å²) in [7, 11) is 0. The van der Waals surface area contributed by atoms with E-state index in [-0.39, 0.29) is 5.69 Å². The van der Waals surface area contributed by atoms with Crippen LogP contribution in [0.1, 0.15) is 37.4 Å². The Morgan fingerprint density at radius 1 is 0.914 bits per heavy atom. The van der Waals surface area contributed by atoms with Crippen LogP contribution in [0.2, 0.25) is 0 Å². The standard InChI is InChI=1S/C27H27N7O/c1-2-3-5-12-22-19-34(21-10-6-4-7-11-21)27(35)33(22)18-20-15-16-25(28-17-20)23-13-8-9-14-24(23)26-29-31-32-30-26/h4,6-11,13-17,19H,2-3,5,12,18H2,1H3,(H,29,30,31,32). The highest BCUT2D eigenvalue weighted by atomic mass is 16.1. The van der Waals surface area contributed by atoms with Gasteiger partial charge in [0.25, 0.3) is 0 Å². The highest BCUT2D eigenvalue weighted by Gasteiger charge is 2.14. The largest absolute Gasteiger partial charge is 0.333 e. The molecule has 8 heteroatoms. The maximum atomic E-state index is 13.4. The van der Waals surface area contributed by atoms with Gasteiger partial charge in [-0.2, -0.15) is 0 Å². The van der Waals surface area contributed by atoms with Gasteiger partial charge in [-0.3, -0.25) is 14.1 Å². The van der Waals surface area contributed by atoms with Crippen LogP contribution in [0.15, 0.2) is 83.9 Å². The summed E-state index contributed by atoms with van der Waals surface area (Å²) < 4.78 is 3.61. The summed E-state index contributed by atoms with van der Waals surface area (Å²) in [5, 5.41) is 14.2. The molecule has 8 nitrogen and oxygen atoms in total. The van der Waals surface area contributed by atoms with Gasteiger partial charge in [-0.05, 0) is 47.0 Å². The fourth-order valence-electron chi connectivity index (χ4n) is 4.27. The average Bonchev–Trinajstić information content (AvgIpc) is 3.55. The van der Waals surface area contributed by atoms with Crippen LogP contribution in [0, 0.1) is 0 Å². The Morgan fingerprint density at radius 3 is 2.43 bits per heavy atom. The van der Waals surface area contributed by atoms with Crippen molar-refractivity contribution in [2.45, 2.75) is 39.2 Å². The molecule has 5 rings (SSSR count). The van der Waals surface area contributed by atoms with Crippen molar-refractivity contribution in [2.24, 2.45) is 0 Å². The van der Waals surface area contributed by atoms with Crippen molar-refractivity contribution in [1.29, 1.82) is 0 Å². The number of rotatable bonds is 9. The molecule has 0 radical (unpaired) electrons. The molecular formula is C27H27N7O. The van der Waals surface area contributed by atoms with Gasteiger partial charge in [0.15, 0.2) is 5.82 Å². The first kappa shape index (κ1) is 22.5. The SMILES string of the molecule is CCCCCc1cn(-c2ccccc2)c(=O)n1Cc1ccc(-c2ccccc2-c2nnn[nH]2)nc1. The summed E-state index contributed by atoms with van der Waals surface area (Å²) in [6.45, 7) is 2.66. The normalized spacial score (nSPS) is 11.1. The lowest BCUT2D eigenvalue weighted by Gasteiger charge is -2.09. The van der Waals surface area contributed by atoms with Gasteiger partial charge in [0, 0.05) is 29.2 Å². The molecule has 2 aromatic carbocycles. The number of hydrogen-bond donors (Lipinski definition) is 1. The second-order valence-electron chi connectivity index (χ2n) is 8.50. The zero-order valence-corrected chi connectivity index (χ0v) is 19.6. The van der Waals surface area contributed by atoms with Gasteiger partial charge in [-0.25, -0.2) is 9.89 Å². The number of nitrogens with one attached hydrogen (secondary N) is 1. The molecule has 0 fully saturated rings. The van der Waals surface area contributed by atoms with E-state index in [0.29, 0.717) is 12.4 Å². The summed E-state index contributed by atoms with van der Waals surface area (Å²) in [5.74, 6) is 0.594. The van der Waals surface area contributed by atoms with E-state index in [1.165, 1.54) is 0 Å². The predicted octanol–water partition coefficient (Wildman–Crippen LogP) is 4.66. The second-order valence-corrected chi connectivity index (χ2v) is 8.50. The lowest BCUT2D eigenvalue weighted by atomic mass is 10.0. The summed E-state index contributed by atoms with van der Waals surface area (Å²) in [6, 6.07) is 21.6. The molecule has 0 saturated carbocycles. The molecule has 0 saturated heterocycles. The highest BCUT2D eigenvalue weighted by molar-refractivity contribution is 5.78. The Labute approximate surface area is 203 Å². The van der Waals surface area contributed by atoms with Gasteiger partial charge in [-0.15, -0.1) is 5.10 Å². The van der Waals surface area contributed by atoms with Crippen molar-refractivity contribution >= 4 is 0 Å². The van der Waals surface area contributed by atoms with E-state index in [2.05, 4.69) is 27.5 Å². The zero-order valence-electron chi connectivity index (χ0n) is 19.6. The molecule has 0 amide bonds. The van der Waals surface area contributed by atoms with E-state index >= 15 is 0 Å². The monoisotopic (exact) mass is 465 g/mol. The molecule has 0 atom stereocenters. The first-order valence-electron chi connectivity index (χ1n) is 11.9. The van der Waals surface area contributed by atoms with Crippen molar-refractivity contribution in [3.63, 3.8) is 0 Å². The maximum absolute atomic E-state index is 13.4. The number of H-pyrrole nitrogens is 1. The number of aryl methyl sites for hydroxylation is 1. The summed E-state index contributed by atoms with van der Waals surface area (Å²) >= 11 is 0. The number of unbranched alkanes of at least 4 members (excludes halogenated alkanes) is 2. The van der Waals surface area contributed by atoms with E-state index in [9.17, 15) is 4.79 Å². The third-order valence-corrected chi connectivity index (χ3v) is 6.10. The number of para-hydroxylation sites is 1. The lowest BCUT2D eigenvalue weighted by Crippen LogP contribution is -2.24. The molecule has 3 heterocycles. The number of hydrogen-bond acceptors (Lipinski definition) is 5. The molecule has 3 aromatic heterocycles. The van der Waals surface area contributed by atoms with Gasteiger partial charge in [-0.1, -0.05) is 68.3 Å². The number of benzene rings is 2. The van der Waals surface area contributed by atoms with Gasteiger partial charge < -0.3 is 0 Å². The van der Waals surface area contributed by atoms with Crippen LogP contribution >= 0.6 is 0 Å². The Morgan fingerprint density at radius 2 is 1.71 bits per heavy atom. The topological polar surface area (TPSA) is 94.3 Å². The van der Waals surface area contributed by atoms with Gasteiger partial charge in [0.05, 0.1) is 17.9 Å². The Bertz CT molecular complexity index is 1440. The summed E-state index contributed by atoms with van der Waals surface area (Å²) in [4.78, 5) is 18.1. The van der Waals surface area contributed by atoms with Gasteiger partial charge in [0.2, 0.25) is 0 Å². The third kappa shape index (κ3) is 4.82. The molecule has 0 aliphatic heterocycles. The van der Waals surface area contributed by atoms with Crippen molar-refractivity contribution in [1.82, 2.24) is 34.7 Å². The number of tetrazole rings is 1. The van der Waals surface area contributed by atoms with Crippen molar-refractivity contribution in [2.75, 3.05) is 0 Å². The zero-order chi connectivity index (χ0) is 24.0. The van der Waals surface area contributed by atoms with Crippen LogP contribution in [0.5, 0.6) is 0 Å². The van der Waals surface area contributed by atoms with Crippen LogP contribution in [-0.2, 0) is 13.0 Å². The second kappa shape index (κ2) is 10.3. The minimum Gasteiger partial charge on any atom is -0.292 e. The first-order valence-corrected chi connectivity index (χ1v) is 11.9. The van der Waals surface area contributed by atoms with Gasteiger partial charge >= 0.3 is 5.69 Å². The summed E-state index contributed by atoms with van der Waals surface area (Å²) in [5.41, 5.74) is 5.49. The predicted molar refractivity (Wildman–Crippen MR) is 135 cm³/mol. The molecule has 176 valence electrons. The van der Waals surface area contributed by atoms with Crippen LogP contribution in [-0.4, -0.2) is 34.7 Å². The number of nitrogens with zero attached hydrogens (tertiary/aromatic N) is 6. The van der Waals surface area contributed by atoms with E-state index < -0.39 is 0 Å². The fourth-order valence-corrected chi connectivity index (χ4v) is 4.27. The minimum absolute atomic E-state index is 0.0325. The molecule has 1 N–H and O–H groups in total. The van der Waals surface area contributed by atoms with Gasteiger partial charge in [0.1, 0.15) is 0 Å². The number of aromatic nitrogens is 7. The maximum Gasteiger partial charge on any atom is 0.333 e. The Hall–Kier alpha value is -4.33. The molecule has 0 aliphatic rings. The van der Waals surface area contributed by atoms with Crippen molar-refractivity contribution < 1.29 is 0 Å². The molecular weight excluding hydrogens is 438 g/mol. The van der Waals surface area contributed by atoms with E-state index in [4.69, 9.17) is 4.98 Å². The van der Waals surface area contributed by atoms with Crippen LogP contribution in [0.4, 0.5) is 0 Å². The molecule has 0 spiro atoms. The fraction of sp³-hybridized carbons (Fsp3) is 0.222. The average molecular weight is 466 g/mol. The Kier molecular flexibility index (Phi) is 6.61. The van der Waals surface area contributed by atoms with E-state index in [1.54, 1.807) is 4.57 Å². The lowest BCUT2D eigenvalue weighted by molar-refractivity contribution is 0.652. The molecule has 5 aromatic rings. The molecule has 0 bridgehead atoms. The third-order valence-electron chi connectivity index (χ3n) is 6.10. The smallest absolute Gasteiger partial charge is 0.292 e. The van der Waals surface area contributed by atoms with E-state index in [0.717, 1.165) is 59.4 Å². The number of aromatic amines is 1. The minimum atomic E-state index is -0.0325. The molecule has 35 heavy (non-hydrogen) atoms. The molecule has 0 aliphatic carbocycles. The first-order chi connectivity index (χ1) is 17.2. The Balaban J connectivity index is 1.45.